The molecule has 0 unspecified atom stereocenters. The van der Waals surface area contributed by atoms with Crippen LogP contribution in [0.5, 0.6) is 11.5 Å². The summed E-state index contributed by atoms with van der Waals surface area (Å²) in [5, 5.41) is 12.3. The Bertz CT molecular complexity index is 996. The minimum atomic E-state index is -0.225. The molecule has 0 radical (unpaired) electrons. The highest BCUT2D eigenvalue weighted by Gasteiger charge is 2.09. The van der Waals surface area contributed by atoms with Gasteiger partial charge in [-0.25, -0.2) is 5.43 Å². The fourth-order valence-electron chi connectivity index (χ4n) is 2.29. The van der Waals surface area contributed by atoms with E-state index in [4.69, 9.17) is 9.47 Å². The molecule has 7 nitrogen and oxygen atoms in total. The van der Waals surface area contributed by atoms with Gasteiger partial charge < -0.3 is 9.47 Å². The first-order valence-corrected chi connectivity index (χ1v) is 11.6. The van der Waals surface area contributed by atoms with Gasteiger partial charge in [-0.15, -0.1) is 10.2 Å². The summed E-state index contributed by atoms with van der Waals surface area (Å²) in [6.45, 7) is 0. The van der Waals surface area contributed by atoms with Crippen molar-refractivity contribution in [3.8, 4) is 11.5 Å². The molecule has 0 aliphatic heterocycles. The number of hydrazone groups is 1. The molecule has 156 valence electrons. The van der Waals surface area contributed by atoms with Gasteiger partial charge in [0.15, 0.2) is 8.68 Å². The Morgan fingerprint density at radius 3 is 2.60 bits per heavy atom. The Kier molecular flexibility index (Phi) is 8.54. The monoisotopic (exact) mass is 460 g/mol. The number of carbonyl (C=O) groups excluding carboxylic acids is 1. The summed E-state index contributed by atoms with van der Waals surface area (Å²) >= 11 is 4.45. The van der Waals surface area contributed by atoms with Gasteiger partial charge in [0.25, 0.3) is 5.91 Å². The van der Waals surface area contributed by atoms with E-state index in [2.05, 4.69) is 32.9 Å². The zero-order valence-electron chi connectivity index (χ0n) is 16.4. The fourth-order valence-corrected chi connectivity index (χ4v) is 5.06. The molecule has 1 N–H and O–H groups in total. The predicted octanol–water partition coefficient (Wildman–Crippen LogP) is 4.09. The molecule has 0 spiro atoms. The number of nitrogens with one attached hydrogen (secondary N) is 1. The van der Waals surface area contributed by atoms with Crippen molar-refractivity contribution in [3.05, 3.63) is 59.7 Å². The van der Waals surface area contributed by atoms with E-state index in [1.807, 2.05) is 18.2 Å². The van der Waals surface area contributed by atoms with Gasteiger partial charge in [0.05, 0.1) is 26.2 Å². The first-order chi connectivity index (χ1) is 14.7. The molecule has 0 aliphatic carbocycles. The quantitative estimate of drug-likeness (QED) is 0.277. The van der Waals surface area contributed by atoms with Crippen LogP contribution in [0, 0.1) is 0 Å². The molecule has 3 rings (SSSR count). The number of nitrogens with zero attached hydrogens (tertiary/aromatic N) is 3. The summed E-state index contributed by atoms with van der Waals surface area (Å²) in [5.41, 5.74) is 4.47. The molecule has 0 bridgehead atoms. The van der Waals surface area contributed by atoms with Gasteiger partial charge in [-0.3, -0.25) is 4.79 Å². The molecule has 1 amide bonds. The molecular weight excluding hydrogens is 440 g/mol. The number of carbonyl (C=O) groups is 1. The third kappa shape index (κ3) is 6.75. The highest BCUT2D eigenvalue weighted by Crippen LogP contribution is 2.30. The molecule has 0 atom stereocenters. The zero-order valence-corrected chi connectivity index (χ0v) is 18.9. The smallest absolute Gasteiger partial charge is 0.250 e. The molecular formula is C20H20N4O3S3. The Morgan fingerprint density at radius 1 is 1.10 bits per heavy atom. The average molecular weight is 461 g/mol. The van der Waals surface area contributed by atoms with E-state index in [1.165, 1.54) is 34.9 Å². The highest BCUT2D eigenvalue weighted by atomic mass is 32.2. The summed E-state index contributed by atoms with van der Waals surface area (Å²) < 4.78 is 12.1. The maximum Gasteiger partial charge on any atom is 0.250 e. The van der Waals surface area contributed by atoms with Gasteiger partial charge in [-0.1, -0.05) is 65.2 Å². The van der Waals surface area contributed by atoms with Crippen molar-refractivity contribution in [2.45, 2.75) is 14.4 Å². The summed E-state index contributed by atoms with van der Waals surface area (Å²) in [6.07, 6.45) is 1.53. The van der Waals surface area contributed by atoms with Crippen LogP contribution < -0.4 is 14.9 Å². The first-order valence-electron chi connectivity index (χ1n) is 8.85. The normalized spacial score (nSPS) is 10.9. The Morgan fingerprint density at radius 2 is 1.87 bits per heavy atom. The van der Waals surface area contributed by atoms with Crippen molar-refractivity contribution in [2.75, 3.05) is 20.0 Å². The number of hydrogen-bond donors (Lipinski definition) is 1. The summed E-state index contributed by atoms with van der Waals surface area (Å²) in [6, 6.07) is 15.5. The van der Waals surface area contributed by atoms with E-state index in [1.54, 1.807) is 44.2 Å². The van der Waals surface area contributed by atoms with E-state index in [-0.39, 0.29) is 11.7 Å². The van der Waals surface area contributed by atoms with E-state index < -0.39 is 0 Å². The van der Waals surface area contributed by atoms with E-state index in [0.29, 0.717) is 11.5 Å². The minimum absolute atomic E-state index is 0.203. The molecule has 1 heterocycles. The topological polar surface area (TPSA) is 85.7 Å². The maximum atomic E-state index is 12.0. The van der Waals surface area contributed by atoms with Crippen LogP contribution in [0.25, 0.3) is 0 Å². The van der Waals surface area contributed by atoms with E-state index >= 15 is 0 Å². The van der Waals surface area contributed by atoms with Gasteiger partial charge in [0.2, 0.25) is 0 Å². The molecule has 0 aliphatic rings. The number of ether oxygens (including phenoxy) is 2. The summed E-state index contributed by atoms with van der Waals surface area (Å²) in [7, 11) is 3.15. The molecule has 1 aromatic heterocycles. The number of benzene rings is 2. The van der Waals surface area contributed by atoms with E-state index in [0.717, 1.165) is 20.0 Å². The average Bonchev–Trinajstić information content (AvgIpc) is 3.25. The van der Waals surface area contributed by atoms with Crippen molar-refractivity contribution in [2.24, 2.45) is 5.10 Å². The predicted molar refractivity (Wildman–Crippen MR) is 122 cm³/mol. The van der Waals surface area contributed by atoms with Crippen molar-refractivity contribution in [3.63, 3.8) is 0 Å². The SMILES string of the molecule is COc1ccc(/C=N/NC(=O)CSc2nnc(SCc3ccccc3)s2)c(OC)c1. The largest absolute Gasteiger partial charge is 0.497 e. The molecule has 30 heavy (non-hydrogen) atoms. The number of amides is 1. The lowest BCUT2D eigenvalue weighted by atomic mass is 10.2. The van der Waals surface area contributed by atoms with Crippen LogP contribution in [0.3, 0.4) is 0 Å². The van der Waals surface area contributed by atoms with Gasteiger partial charge >= 0.3 is 0 Å². The first kappa shape index (κ1) is 22.1. The van der Waals surface area contributed by atoms with Gasteiger partial charge in [-0.2, -0.15) is 5.10 Å². The molecule has 2 aromatic carbocycles. The molecule has 0 saturated carbocycles. The molecule has 0 saturated heterocycles. The van der Waals surface area contributed by atoms with Crippen LogP contribution in [-0.2, 0) is 10.5 Å². The van der Waals surface area contributed by atoms with Crippen LogP contribution >= 0.6 is 34.9 Å². The van der Waals surface area contributed by atoms with Crippen molar-refractivity contribution < 1.29 is 14.3 Å². The van der Waals surface area contributed by atoms with Gasteiger partial charge in [-0.05, 0) is 17.7 Å². The van der Waals surface area contributed by atoms with Gasteiger partial charge in [0, 0.05) is 17.4 Å². The second-order valence-electron chi connectivity index (χ2n) is 5.80. The fraction of sp³-hybridized carbons (Fsp3) is 0.200. The number of thioether (sulfide) groups is 2. The summed E-state index contributed by atoms with van der Waals surface area (Å²) in [4.78, 5) is 12.0. The van der Waals surface area contributed by atoms with E-state index in [9.17, 15) is 4.79 Å². The van der Waals surface area contributed by atoms with Crippen LogP contribution in [0.1, 0.15) is 11.1 Å². The minimum Gasteiger partial charge on any atom is -0.497 e. The lowest BCUT2D eigenvalue weighted by Crippen LogP contribution is -2.19. The second kappa shape index (κ2) is 11.6. The van der Waals surface area contributed by atoms with Gasteiger partial charge in [0.1, 0.15) is 11.5 Å². The molecule has 3 aromatic rings. The summed E-state index contributed by atoms with van der Waals surface area (Å²) in [5.74, 6) is 2.11. The second-order valence-corrected chi connectivity index (χ2v) is 9.22. The highest BCUT2D eigenvalue weighted by molar-refractivity contribution is 8.03. The van der Waals surface area contributed by atoms with Crippen molar-refractivity contribution in [1.29, 1.82) is 0 Å². The molecule has 10 heteroatoms. The zero-order chi connectivity index (χ0) is 21.2. The number of aromatic nitrogens is 2. The Labute approximate surface area is 187 Å². The lowest BCUT2D eigenvalue weighted by Gasteiger charge is -2.06. The van der Waals surface area contributed by atoms with Crippen LogP contribution in [-0.4, -0.2) is 42.3 Å². The number of methoxy groups -OCH3 is 2. The van der Waals surface area contributed by atoms with Crippen LogP contribution in [0.2, 0.25) is 0 Å². The number of hydrogen-bond acceptors (Lipinski definition) is 9. The third-order valence-electron chi connectivity index (χ3n) is 3.75. The number of rotatable bonds is 10. The Balaban J connectivity index is 1.44. The van der Waals surface area contributed by atoms with Crippen molar-refractivity contribution >= 4 is 47.0 Å². The lowest BCUT2D eigenvalue weighted by molar-refractivity contribution is -0.118. The Hall–Kier alpha value is -2.56. The maximum absolute atomic E-state index is 12.0. The van der Waals surface area contributed by atoms with Crippen molar-refractivity contribution in [1.82, 2.24) is 15.6 Å². The van der Waals surface area contributed by atoms with Crippen LogP contribution in [0.4, 0.5) is 0 Å². The standard InChI is InChI=1S/C20H20N4O3S3/c1-26-16-9-8-15(17(10-16)27-2)11-21-22-18(25)13-29-20-24-23-19(30-20)28-12-14-6-4-3-5-7-14/h3-11H,12-13H2,1-2H3,(H,22,25)/b21-11+. The van der Waals surface area contributed by atoms with Crippen LogP contribution in [0.15, 0.2) is 62.3 Å². The third-order valence-corrected chi connectivity index (χ3v) is 7.01. The molecule has 0 fully saturated rings.